The number of carbonyl (C=O) groups excluding carboxylic acids is 3. The number of esters is 2. The molecule has 0 spiro atoms. The number of nitriles is 1. The molecular weight excluding hydrogens is 782 g/mol. The van der Waals surface area contributed by atoms with Crippen LogP contribution in [0.3, 0.4) is 0 Å². The van der Waals surface area contributed by atoms with Crippen LogP contribution in [0.1, 0.15) is 56.2 Å². The van der Waals surface area contributed by atoms with Gasteiger partial charge < -0.3 is 28.4 Å². The maximum Gasteiger partial charge on any atom is 0.512 e. The highest BCUT2D eigenvalue weighted by Gasteiger charge is 2.47. The second-order valence-corrected chi connectivity index (χ2v) is 15.2. The number of aromatic nitrogens is 3. The lowest BCUT2D eigenvalue weighted by Crippen LogP contribution is -2.47. The Balaban J connectivity index is 1.25. The standard InChI is InChI=1S/C41H43F3N4O9S/c1-4-17-52-38(49)30-11-13-31(14-12-30)39(50)55-27(3)56-40(51)57-41(23-48-25-46-24-47-48,34-16-15-32(42)19-36(34)44)26(2)58-33-21-53-37(54-22-33)8-6-5-7-29-10-9-28(20-45)18-35(29)43/h4-10,15-16,18-19,24-27,30-31,33,37H,1,11-14,17,21-23H2,2-3H3/b7-5+,8-6+/t26-,27?,30?,31?,33?,37?,41-/m1/s1. The van der Waals surface area contributed by atoms with Crippen molar-refractivity contribution in [1.29, 1.82) is 5.26 Å². The smallest absolute Gasteiger partial charge is 0.461 e. The predicted molar refractivity (Wildman–Crippen MR) is 204 cm³/mol. The summed E-state index contributed by atoms with van der Waals surface area (Å²) in [5.74, 6) is -4.24. The Morgan fingerprint density at radius 1 is 1.02 bits per heavy atom. The molecule has 1 saturated carbocycles. The molecule has 0 radical (unpaired) electrons. The van der Waals surface area contributed by atoms with Gasteiger partial charge in [0.25, 0.3) is 0 Å². The fourth-order valence-electron chi connectivity index (χ4n) is 6.54. The van der Waals surface area contributed by atoms with Gasteiger partial charge in [0.2, 0.25) is 6.29 Å². The number of hydrogen-bond donors (Lipinski definition) is 0. The fourth-order valence-corrected chi connectivity index (χ4v) is 7.90. The lowest BCUT2D eigenvalue weighted by Gasteiger charge is -2.40. The summed E-state index contributed by atoms with van der Waals surface area (Å²) in [4.78, 5) is 42.8. The molecule has 5 rings (SSSR count). The number of benzene rings is 2. The SMILES string of the molecule is C=CCOC(=O)C1CCC(C(=O)OC(C)OC(=O)O[C@@](Cn2cncn2)(c2ccc(F)cc2F)[C@@H](C)SC2COC(/C=C/C=C/c3ccc(C#N)cc3F)OC2)CC1. The molecule has 17 heteroatoms. The van der Waals surface area contributed by atoms with Crippen LogP contribution in [0.25, 0.3) is 6.08 Å². The molecule has 0 bridgehead atoms. The number of hydrogen-bond acceptors (Lipinski definition) is 13. The first-order chi connectivity index (χ1) is 27.9. The van der Waals surface area contributed by atoms with E-state index >= 15 is 4.39 Å². The van der Waals surface area contributed by atoms with Crippen molar-refractivity contribution in [2.24, 2.45) is 11.8 Å². The molecule has 1 aliphatic heterocycles. The first kappa shape index (κ1) is 43.7. The van der Waals surface area contributed by atoms with Gasteiger partial charge in [-0.1, -0.05) is 36.9 Å². The molecule has 13 nitrogen and oxygen atoms in total. The van der Waals surface area contributed by atoms with Crippen molar-refractivity contribution in [3.05, 3.63) is 114 Å². The lowest BCUT2D eigenvalue weighted by molar-refractivity contribution is -0.178. The summed E-state index contributed by atoms with van der Waals surface area (Å²) in [6.45, 7) is 6.70. The van der Waals surface area contributed by atoms with Crippen molar-refractivity contribution >= 4 is 35.9 Å². The van der Waals surface area contributed by atoms with Crippen molar-refractivity contribution in [2.45, 2.75) is 74.8 Å². The van der Waals surface area contributed by atoms with Gasteiger partial charge in [-0.3, -0.25) is 9.59 Å². The number of halogens is 3. The van der Waals surface area contributed by atoms with Crippen LogP contribution >= 0.6 is 11.8 Å². The van der Waals surface area contributed by atoms with Gasteiger partial charge in [0.1, 0.15) is 36.7 Å². The molecule has 1 aromatic heterocycles. The molecule has 3 aromatic rings. The molecule has 2 fully saturated rings. The summed E-state index contributed by atoms with van der Waals surface area (Å²) in [6.07, 6.45) is 8.59. The molecule has 2 aromatic carbocycles. The topological polar surface area (TPSA) is 161 Å². The van der Waals surface area contributed by atoms with Crippen LogP contribution in [0.4, 0.5) is 18.0 Å². The number of carbonyl (C=O) groups is 3. The average molecular weight is 825 g/mol. The first-order valence-corrected chi connectivity index (χ1v) is 19.4. The third-order valence-corrected chi connectivity index (χ3v) is 11.0. The molecule has 308 valence electrons. The largest absolute Gasteiger partial charge is 0.512 e. The second-order valence-electron chi connectivity index (χ2n) is 13.6. The van der Waals surface area contributed by atoms with E-state index in [-0.39, 0.29) is 54.6 Å². The predicted octanol–water partition coefficient (Wildman–Crippen LogP) is 7.17. The Hall–Kier alpha value is -5.44. The first-order valence-electron chi connectivity index (χ1n) is 18.5. The highest BCUT2D eigenvalue weighted by Crippen LogP contribution is 2.42. The van der Waals surface area contributed by atoms with E-state index in [1.165, 1.54) is 66.4 Å². The van der Waals surface area contributed by atoms with Crippen LogP contribution in [0, 0.1) is 40.6 Å². The lowest BCUT2D eigenvalue weighted by atomic mass is 9.82. The highest BCUT2D eigenvalue weighted by atomic mass is 32.2. The Bertz CT molecular complexity index is 1990. The molecular formula is C41H43F3N4O9S. The maximum atomic E-state index is 15.8. The monoisotopic (exact) mass is 824 g/mol. The zero-order valence-corrected chi connectivity index (χ0v) is 32.7. The third kappa shape index (κ3) is 11.8. The number of ether oxygens (including phenoxy) is 6. The maximum absolute atomic E-state index is 15.8. The summed E-state index contributed by atoms with van der Waals surface area (Å²) in [5.41, 5.74) is -1.58. The molecule has 0 amide bonds. The minimum Gasteiger partial charge on any atom is -0.461 e. The minimum absolute atomic E-state index is 0.104. The molecule has 3 atom stereocenters. The van der Waals surface area contributed by atoms with Crippen LogP contribution in [-0.4, -0.2) is 75.8 Å². The third-order valence-electron chi connectivity index (χ3n) is 9.53. The molecule has 1 unspecified atom stereocenters. The van der Waals surface area contributed by atoms with Gasteiger partial charge in [-0.25, -0.2) is 27.6 Å². The van der Waals surface area contributed by atoms with Gasteiger partial charge in [0.15, 0.2) is 11.9 Å². The van der Waals surface area contributed by atoms with Crippen molar-refractivity contribution in [3.8, 4) is 6.07 Å². The van der Waals surface area contributed by atoms with E-state index in [0.717, 1.165) is 12.1 Å². The molecule has 58 heavy (non-hydrogen) atoms. The molecule has 2 aliphatic rings. The summed E-state index contributed by atoms with van der Waals surface area (Å²) in [5, 5.41) is 11.9. The van der Waals surface area contributed by atoms with E-state index in [4.69, 9.17) is 33.7 Å². The Kier molecular flexibility index (Phi) is 15.7. The van der Waals surface area contributed by atoms with Gasteiger partial charge >= 0.3 is 18.1 Å². The minimum atomic E-state index is -1.90. The number of allylic oxidation sites excluding steroid dienone is 2. The van der Waals surface area contributed by atoms with Crippen LogP contribution in [0.2, 0.25) is 0 Å². The van der Waals surface area contributed by atoms with Crippen molar-refractivity contribution in [1.82, 2.24) is 14.8 Å². The van der Waals surface area contributed by atoms with E-state index in [1.807, 2.05) is 6.07 Å². The molecule has 1 saturated heterocycles. The van der Waals surface area contributed by atoms with E-state index in [0.29, 0.717) is 37.3 Å². The van der Waals surface area contributed by atoms with Crippen LogP contribution < -0.4 is 0 Å². The Labute approximate surface area is 337 Å². The van der Waals surface area contributed by atoms with Crippen LogP contribution in [-0.2, 0) is 50.2 Å². The van der Waals surface area contributed by atoms with Crippen LogP contribution in [0.5, 0.6) is 0 Å². The normalized spacial score (nSPS) is 21.7. The summed E-state index contributed by atoms with van der Waals surface area (Å²) in [7, 11) is 0. The molecule has 1 aliphatic carbocycles. The zero-order chi connectivity index (χ0) is 41.7. The highest BCUT2D eigenvalue weighted by molar-refractivity contribution is 8.00. The second kappa shape index (κ2) is 20.8. The quantitative estimate of drug-likeness (QED) is 0.0471. The number of thioether (sulfide) groups is 1. The van der Waals surface area contributed by atoms with Crippen molar-refractivity contribution in [3.63, 3.8) is 0 Å². The zero-order valence-electron chi connectivity index (χ0n) is 31.8. The average Bonchev–Trinajstić information content (AvgIpc) is 3.72. The Morgan fingerprint density at radius 2 is 1.74 bits per heavy atom. The van der Waals surface area contributed by atoms with E-state index < -0.39 is 58.9 Å². The number of rotatable bonds is 16. The van der Waals surface area contributed by atoms with Gasteiger partial charge in [-0.2, -0.15) is 10.4 Å². The molecule has 0 N–H and O–H groups in total. The van der Waals surface area contributed by atoms with Crippen molar-refractivity contribution in [2.75, 3.05) is 19.8 Å². The summed E-state index contributed by atoms with van der Waals surface area (Å²) in [6, 6.07) is 8.92. The van der Waals surface area contributed by atoms with Gasteiger partial charge in [0.05, 0.1) is 48.5 Å². The van der Waals surface area contributed by atoms with E-state index in [2.05, 4.69) is 16.7 Å². The van der Waals surface area contributed by atoms with Crippen LogP contribution in [0.15, 0.2) is 79.9 Å². The number of nitrogens with zero attached hydrogens (tertiary/aromatic N) is 4. The van der Waals surface area contributed by atoms with E-state index in [9.17, 15) is 23.2 Å². The van der Waals surface area contributed by atoms with Gasteiger partial charge in [-0.05, 0) is 62.9 Å². The van der Waals surface area contributed by atoms with Gasteiger partial charge in [0, 0.05) is 29.4 Å². The van der Waals surface area contributed by atoms with E-state index in [1.54, 1.807) is 25.2 Å². The summed E-state index contributed by atoms with van der Waals surface area (Å²) < 4.78 is 79.3. The summed E-state index contributed by atoms with van der Waals surface area (Å²) >= 11 is 1.26. The van der Waals surface area contributed by atoms with Crippen molar-refractivity contribution < 1.29 is 56.0 Å². The van der Waals surface area contributed by atoms with Gasteiger partial charge in [-0.15, -0.1) is 11.8 Å². The molecule has 2 heterocycles. The Morgan fingerprint density at radius 3 is 2.38 bits per heavy atom. The fraction of sp³-hybridized carbons (Fsp3) is 0.415.